The molecule has 1 saturated heterocycles. The maximum Gasteiger partial charge on any atom is 0.264 e. The predicted molar refractivity (Wildman–Crippen MR) is 109 cm³/mol. The van der Waals surface area contributed by atoms with E-state index in [2.05, 4.69) is 16.6 Å². The zero-order chi connectivity index (χ0) is 21.6. The molecular formula is C21H20FN3O4S. The number of allylic oxidation sites excluding steroid dienone is 1. The summed E-state index contributed by atoms with van der Waals surface area (Å²) in [5.41, 5.74) is 2.46. The molecule has 2 aromatic rings. The van der Waals surface area contributed by atoms with Crippen LogP contribution in [0, 0.1) is 12.7 Å². The summed E-state index contributed by atoms with van der Waals surface area (Å²) in [7, 11) is -4.14. The molecular weight excluding hydrogens is 409 g/mol. The molecule has 1 atom stereocenters. The van der Waals surface area contributed by atoms with E-state index >= 15 is 0 Å². The molecule has 0 spiro atoms. The first kappa shape index (κ1) is 20.1. The van der Waals surface area contributed by atoms with Gasteiger partial charge in [0.15, 0.2) is 0 Å². The lowest BCUT2D eigenvalue weighted by Crippen LogP contribution is -2.49. The van der Waals surface area contributed by atoms with Crippen molar-refractivity contribution in [1.29, 1.82) is 0 Å². The number of halogens is 1. The summed E-state index contributed by atoms with van der Waals surface area (Å²) in [6, 6.07) is 7.75. The molecule has 30 heavy (non-hydrogen) atoms. The lowest BCUT2D eigenvalue weighted by Gasteiger charge is -2.30. The second-order valence-electron chi connectivity index (χ2n) is 7.49. The Labute approximate surface area is 173 Å². The highest BCUT2D eigenvalue weighted by atomic mass is 32.2. The number of hydrogen-bond donors (Lipinski definition) is 2. The van der Waals surface area contributed by atoms with Crippen molar-refractivity contribution in [2.45, 2.75) is 37.2 Å². The largest absolute Gasteiger partial charge is 0.329 e. The van der Waals surface area contributed by atoms with Gasteiger partial charge in [0.1, 0.15) is 16.8 Å². The number of carbonyl (C=O) groups excluding carboxylic acids is 2. The van der Waals surface area contributed by atoms with E-state index in [1.807, 2.05) is 0 Å². The maximum atomic E-state index is 14.0. The van der Waals surface area contributed by atoms with E-state index < -0.39 is 26.8 Å². The van der Waals surface area contributed by atoms with Crippen LogP contribution in [0.25, 0.3) is 0 Å². The average Bonchev–Trinajstić information content (AvgIpc) is 2.99. The van der Waals surface area contributed by atoms with E-state index in [-0.39, 0.29) is 24.0 Å². The SMILES string of the molecule is C=C1CCC(N2Cc3cc(NS(=O)(=O)c4cc(C)ccc4F)ccc3C2=O)C(=O)N1. The van der Waals surface area contributed by atoms with E-state index in [4.69, 9.17) is 0 Å². The van der Waals surface area contributed by atoms with Crippen LogP contribution >= 0.6 is 0 Å². The highest BCUT2D eigenvalue weighted by molar-refractivity contribution is 7.92. The highest BCUT2D eigenvalue weighted by Crippen LogP contribution is 2.31. The van der Waals surface area contributed by atoms with E-state index in [0.29, 0.717) is 35.2 Å². The molecule has 0 aromatic heterocycles. The Morgan fingerprint density at radius 2 is 1.97 bits per heavy atom. The molecule has 2 N–H and O–H groups in total. The Balaban J connectivity index is 1.58. The molecule has 0 saturated carbocycles. The molecule has 7 nitrogen and oxygen atoms in total. The minimum atomic E-state index is -4.14. The number of nitrogens with zero attached hydrogens (tertiary/aromatic N) is 1. The van der Waals surface area contributed by atoms with Gasteiger partial charge in [-0.2, -0.15) is 0 Å². The maximum absolute atomic E-state index is 14.0. The monoisotopic (exact) mass is 429 g/mol. The second kappa shape index (κ2) is 7.24. The van der Waals surface area contributed by atoms with Crippen molar-refractivity contribution in [3.63, 3.8) is 0 Å². The number of aryl methyl sites for hydroxylation is 1. The first-order chi connectivity index (χ1) is 14.2. The number of hydrogen-bond acceptors (Lipinski definition) is 4. The number of carbonyl (C=O) groups is 2. The lowest BCUT2D eigenvalue weighted by atomic mass is 10.0. The molecule has 0 aliphatic carbocycles. The van der Waals surface area contributed by atoms with Gasteiger partial charge in [0, 0.05) is 23.5 Å². The topological polar surface area (TPSA) is 95.6 Å². The van der Waals surface area contributed by atoms with E-state index in [9.17, 15) is 22.4 Å². The highest BCUT2D eigenvalue weighted by Gasteiger charge is 2.38. The van der Waals surface area contributed by atoms with Crippen molar-refractivity contribution in [3.05, 3.63) is 71.2 Å². The Hall–Kier alpha value is -3.20. The molecule has 2 amide bonds. The Bertz CT molecular complexity index is 1190. The predicted octanol–water partition coefficient (Wildman–Crippen LogP) is 2.68. The number of nitrogens with one attached hydrogen (secondary N) is 2. The van der Waals surface area contributed by atoms with Gasteiger partial charge >= 0.3 is 0 Å². The van der Waals surface area contributed by atoms with Crippen molar-refractivity contribution in [1.82, 2.24) is 10.2 Å². The molecule has 0 radical (unpaired) electrons. The van der Waals surface area contributed by atoms with Crippen LogP contribution in [0.3, 0.4) is 0 Å². The summed E-state index contributed by atoms with van der Waals surface area (Å²) in [4.78, 5) is 26.1. The van der Waals surface area contributed by atoms with Gasteiger partial charge in [0.25, 0.3) is 15.9 Å². The van der Waals surface area contributed by atoms with E-state index in [1.165, 1.54) is 35.2 Å². The molecule has 4 rings (SSSR count). The number of amides is 2. The van der Waals surface area contributed by atoms with Crippen LogP contribution in [-0.4, -0.2) is 31.2 Å². The molecule has 2 aliphatic rings. The van der Waals surface area contributed by atoms with E-state index in [0.717, 1.165) is 6.07 Å². The van der Waals surface area contributed by atoms with Crippen molar-refractivity contribution in [2.75, 3.05) is 4.72 Å². The zero-order valence-corrected chi connectivity index (χ0v) is 17.1. The first-order valence-electron chi connectivity index (χ1n) is 9.37. The Morgan fingerprint density at radius 3 is 2.70 bits per heavy atom. The number of benzene rings is 2. The van der Waals surface area contributed by atoms with Crippen molar-refractivity contribution in [2.24, 2.45) is 0 Å². The van der Waals surface area contributed by atoms with Crippen molar-refractivity contribution < 1.29 is 22.4 Å². The van der Waals surface area contributed by atoms with Gasteiger partial charge in [-0.1, -0.05) is 12.6 Å². The van der Waals surface area contributed by atoms with Gasteiger partial charge in [0.05, 0.1) is 0 Å². The third-order valence-electron chi connectivity index (χ3n) is 5.26. The fourth-order valence-corrected chi connectivity index (χ4v) is 4.96. The Morgan fingerprint density at radius 1 is 1.20 bits per heavy atom. The second-order valence-corrected chi connectivity index (χ2v) is 9.14. The molecule has 1 fully saturated rings. The molecule has 2 aliphatic heterocycles. The van der Waals surface area contributed by atoms with Gasteiger partial charge < -0.3 is 10.2 Å². The molecule has 1 unspecified atom stereocenters. The van der Waals surface area contributed by atoms with Crippen LogP contribution in [-0.2, 0) is 21.4 Å². The molecule has 9 heteroatoms. The zero-order valence-electron chi connectivity index (χ0n) is 16.2. The third kappa shape index (κ3) is 3.56. The molecule has 2 heterocycles. The van der Waals surface area contributed by atoms with Crippen LogP contribution in [0.4, 0.5) is 10.1 Å². The number of piperidine rings is 1. The Kier molecular flexibility index (Phi) is 4.85. The molecule has 2 aromatic carbocycles. The smallest absolute Gasteiger partial charge is 0.264 e. The molecule has 156 valence electrons. The van der Waals surface area contributed by atoms with Crippen LogP contribution < -0.4 is 10.0 Å². The van der Waals surface area contributed by atoms with Gasteiger partial charge in [-0.15, -0.1) is 0 Å². The average molecular weight is 429 g/mol. The third-order valence-corrected chi connectivity index (χ3v) is 6.66. The summed E-state index contributed by atoms with van der Waals surface area (Å²) < 4.78 is 41.7. The fraction of sp³-hybridized carbons (Fsp3) is 0.238. The van der Waals surface area contributed by atoms with Crippen molar-refractivity contribution >= 4 is 27.5 Å². The van der Waals surface area contributed by atoms with Gasteiger partial charge in [0.2, 0.25) is 5.91 Å². The minimum Gasteiger partial charge on any atom is -0.329 e. The van der Waals surface area contributed by atoms with Crippen LogP contribution in [0.15, 0.2) is 53.6 Å². The minimum absolute atomic E-state index is 0.188. The van der Waals surface area contributed by atoms with Gasteiger partial charge in [-0.3, -0.25) is 14.3 Å². The van der Waals surface area contributed by atoms with Crippen LogP contribution in [0.1, 0.15) is 34.3 Å². The van der Waals surface area contributed by atoms with Gasteiger partial charge in [-0.25, -0.2) is 12.8 Å². The van der Waals surface area contributed by atoms with E-state index in [1.54, 1.807) is 6.92 Å². The molecule has 0 bridgehead atoms. The summed E-state index contributed by atoms with van der Waals surface area (Å²) in [5, 5.41) is 2.67. The van der Waals surface area contributed by atoms with Crippen molar-refractivity contribution in [3.8, 4) is 0 Å². The lowest BCUT2D eigenvalue weighted by molar-refractivity contribution is -0.126. The standard InChI is InChI=1S/C21H20FN3O4S/c1-12-3-7-17(22)19(9-12)30(28,29)24-15-5-6-16-14(10-15)11-25(21(16)27)18-8-4-13(2)23-20(18)26/h3,5-7,9-10,18,24H,2,4,8,11H2,1H3,(H,23,26). The quantitative estimate of drug-likeness (QED) is 0.781. The number of rotatable bonds is 4. The normalized spacial score (nSPS) is 18.9. The first-order valence-corrected chi connectivity index (χ1v) is 10.9. The number of fused-ring (bicyclic) bond motifs is 1. The van der Waals surface area contributed by atoms with Crippen LogP contribution in [0.2, 0.25) is 0 Å². The summed E-state index contributed by atoms with van der Waals surface area (Å²) in [6.45, 7) is 5.60. The number of sulfonamides is 1. The number of anilines is 1. The summed E-state index contributed by atoms with van der Waals surface area (Å²) in [6.07, 6.45) is 1.07. The summed E-state index contributed by atoms with van der Waals surface area (Å²) >= 11 is 0. The van der Waals surface area contributed by atoms with Crippen LogP contribution in [0.5, 0.6) is 0 Å². The summed E-state index contributed by atoms with van der Waals surface area (Å²) in [5.74, 6) is -1.40. The van der Waals surface area contributed by atoms with Gasteiger partial charge in [-0.05, 0) is 61.2 Å². The fourth-order valence-electron chi connectivity index (χ4n) is 3.74.